The van der Waals surface area contributed by atoms with E-state index in [2.05, 4.69) is 10.0 Å². The molecule has 1 amide bonds. The van der Waals surface area contributed by atoms with Crippen molar-refractivity contribution in [1.82, 2.24) is 5.32 Å². The summed E-state index contributed by atoms with van der Waals surface area (Å²) in [6, 6.07) is 13.4. The summed E-state index contributed by atoms with van der Waals surface area (Å²) in [5.74, 6) is 0.966. The number of para-hydroxylation sites is 2. The third kappa shape index (κ3) is 6.00. The van der Waals surface area contributed by atoms with Crippen LogP contribution in [0, 0.1) is 0 Å². The predicted molar refractivity (Wildman–Crippen MR) is 95.7 cm³/mol. The van der Waals surface area contributed by atoms with Crippen LogP contribution in [0.4, 0.5) is 5.69 Å². The molecule has 2 aromatic rings. The highest BCUT2D eigenvalue weighted by Gasteiger charge is 2.07. The smallest absolute Gasteiger partial charge is 0.251 e. The molecule has 7 nitrogen and oxygen atoms in total. The summed E-state index contributed by atoms with van der Waals surface area (Å²) in [5, 5.41) is 2.73. The molecule has 0 heterocycles. The predicted octanol–water partition coefficient (Wildman–Crippen LogP) is 1.88. The molecule has 0 saturated carbocycles. The number of ether oxygens (including phenoxy) is 2. The van der Waals surface area contributed by atoms with Crippen LogP contribution in [0.25, 0.3) is 0 Å². The molecule has 0 bridgehead atoms. The summed E-state index contributed by atoms with van der Waals surface area (Å²) in [7, 11) is -1.78. The molecule has 0 saturated heterocycles. The monoisotopic (exact) mass is 364 g/mol. The van der Waals surface area contributed by atoms with E-state index >= 15 is 0 Å². The molecule has 0 aliphatic rings. The number of amides is 1. The molecule has 0 unspecified atom stereocenters. The van der Waals surface area contributed by atoms with Crippen molar-refractivity contribution in [2.45, 2.75) is 0 Å². The minimum Gasteiger partial charge on any atom is -0.493 e. The van der Waals surface area contributed by atoms with Crippen LogP contribution in [-0.4, -0.2) is 40.8 Å². The summed E-state index contributed by atoms with van der Waals surface area (Å²) in [6.45, 7) is 0.611. The third-order valence-electron chi connectivity index (χ3n) is 3.16. The van der Waals surface area contributed by atoms with E-state index in [0.29, 0.717) is 35.9 Å². The molecule has 25 heavy (non-hydrogen) atoms. The lowest BCUT2D eigenvalue weighted by atomic mass is 10.2. The van der Waals surface area contributed by atoms with Gasteiger partial charge in [-0.25, -0.2) is 8.42 Å². The average molecular weight is 364 g/mol. The van der Waals surface area contributed by atoms with Crippen molar-refractivity contribution in [2.24, 2.45) is 0 Å². The van der Waals surface area contributed by atoms with Crippen LogP contribution in [0.15, 0.2) is 48.5 Å². The van der Waals surface area contributed by atoms with E-state index in [4.69, 9.17) is 9.47 Å². The average Bonchev–Trinajstić information content (AvgIpc) is 2.58. The lowest BCUT2D eigenvalue weighted by Crippen LogP contribution is -2.28. The molecule has 0 spiro atoms. The van der Waals surface area contributed by atoms with Crippen LogP contribution in [0.5, 0.6) is 11.5 Å². The number of methoxy groups -OCH3 is 1. The molecule has 8 heteroatoms. The molecule has 0 atom stereocenters. The molecule has 0 aromatic heterocycles. The molecule has 2 rings (SSSR count). The lowest BCUT2D eigenvalue weighted by Gasteiger charge is -2.11. The number of hydrogen-bond donors (Lipinski definition) is 2. The van der Waals surface area contributed by atoms with Gasteiger partial charge in [0.25, 0.3) is 5.91 Å². The van der Waals surface area contributed by atoms with Gasteiger partial charge in [0.2, 0.25) is 10.0 Å². The van der Waals surface area contributed by atoms with Crippen LogP contribution in [0.1, 0.15) is 10.4 Å². The zero-order valence-corrected chi connectivity index (χ0v) is 14.8. The summed E-state index contributed by atoms with van der Waals surface area (Å²) >= 11 is 0. The van der Waals surface area contributed by atoms with Gasteiger partial charge in [-0.3, -0.25) is 9.52 Å². The van der Waals surface area contributed by atoms with Gasteiger partial charge in [-0.2, -0.15) is 0 Å². The first-order valence-electron chi connectivity index (χ1n) is 7.51. The number of hydrogen-bond acceptors (Lipinski definition) is 5. The maximum Gasteiger partial charge on any atom is 0.251 e. The number of sulfonamides is 1. The Morgan fingerprint density at radius 1 is 1.04 bits per heavy atom. The number of nitrogens with one attached hydrogen (secondary N) is 2. The van der Waals surface area contributed by atoms with Gasteiger partial charge < -0.3 is 14.8 Å². The minimum atomic E-state index is -3.34. The molecule has 2 N–H and O–H groups in total. The van der Waals surface area contributed by atoms with Crippen molar-refractivity contribution in [3.63, 3.8) is 0 Å². The SMILES string of the molecule is COc1ccccc1OCCNC(=O)c1ccc(NS(C)(=O)=O)cc1. The number of carbonyl (C=O) groups is 1. The number of carbonyl (C=O) groups excluding carboxylic acids is 1. The normalized spacial score (nSPS) is 10.8. The highest BCUT2D eigenvalue weighted by Crippen LogP contribution is 2.25. The van der Waals surface area contributed by atoms with Gasteiger partial charge in [0.05, 0.1) is 19.9 Å². The molecule has 0 aliphatic heterocycles. The zero-order chi connectivity index (χ0) is 18.3. The van der Waals surface area contributed by atoms with Crippen molar-refractivity contribution >= 4 is 21.6 Å². The molecule has 0 radical (unpaired) electrons. The fraction of sp³-hybridized carbons (Fsp3) is 0.235. The van der Waals surface area contributed by atoms with Gasteiger partial charge >= 0.3 is 0 Å². The van der Waals surface area contributed by atoms with Gasteiger partial charge in [0, 0.05) is 11.3 Å². The number of anilines is 1. The second-order valence-corrected chi connectivity index (χ2v) is 6.96. The topological polar surface area (TPSA) is 93.7 Å². The Hall–Kier alpha value is -2.74. The summed E-state index contributed by atoms with van der Waals surface area (Å²) in [4.78, 5) is 12.0. The number of rotatable bonds is 8. The van der Waals surface area contributed by atoms with Crippen molar-refractivity contribution < 1.29 is 22.7 Å². The first kappa shape index (κ1) is 18.6. The molecular weight excluding hydrogens is 344 g/mol. The van der Waals surface area contributed by atoms with Crippen molar-refractivity contribution in [1.29, 1.82) is 0 Å². The fourth-order valence-electron chi connectivity index (χ4n) is 2.07. The third-order valence-corrected chi connectivity index (χ3v) is 3.77. The Labute approximate surface area is 147 Å². The van der Waals surface area contributed by atoms with Crippen LogP contribution < -0.4 is 19.5 Å². The van der Waals surface area contributed by atoms with E-state index in [1.54, 1.807) is 31.4 Å². The van der Waals surface area contributed by atoms with Gasteiger partial charge in [-0.1, -0.05) is 12.1 Å². The Morgan fingerprint density at radius 2 is 1.68 bits per heavy atom. The van der Waals surface area contributed by atoms with E-state index in [1.807, 2.05) is 12.1 Å². The minimum absolute atomic E-state index is 0.269. The van der Waals surface area contributed by atoms with Crippen LogP contribution >= 0.6 is 0 Å². The Balaban J connectivity index is 1.82. The quantitative estimate of drug-likeness (QED) is 0.698. The Bertz CT molecular complexity index is 819. The lowest BCUT2D eigenvalue weighted by molar-refractivity contribution is 0.0947. The van der Waals surface area contributed by atoms with E-state index in [1.165, 1.54) is 12.1 Å². The van der Waals surface area contributed by atoms with Gasteiger partial charge in [0.1, 0.15) is 6.61 Å². The maximum absolute atomic E-state index is 12.0. The second kappa shape index (κ2) is 8.39. The fourth-order valence-corrected chi connectivity index (χ4v) is 2.63. The number of benzene rings is 2. The van der Waals surface area contributed by atoms with Crippen molar-refractivity contribution in [3.05, 3.63) is 54.1 Å². The largest absolute Gasteiger partial charge is 0.493 e. The van der Waals surface area contributed by atoms with Crippen LogP contribution in [-0.2, 0) is 10.0 Å². The second-order valence-electron chi connectivity index (χ2n) is 5.21. The summed E-state index contributed by atoms with van der Waals surface area (Å²) in [6.07, 6.45) is 1.06. The van der Waals surface area contributed by atoms with E-state index < -0.39 is 10.0 Å². The molecule has 0 fully saturated rings. The first-order chi connectivity index (χ1) is 11.9. The Morgan fingerprint density at radius 3 is 2.28 bits per heavy atom. The van der Waals surface area contributed by atoms with Crippen molar-refractivity contribution in [2.75, 3.05) is 31.2 Å². The van der Waals surface area contributed by atoms with Crippen LogP contribution in [0.2, 0.25) is 0 Å². The standard InChI is InChI=1S/C17H20N2O5S/c1-23-15-5-3-4-6-16(15)24-12-11-18-17(20)13-7-9-14(10-8-13)19-25(2,21)22/h3-10,19H,11-12H2,1-2H3,(H,18,20). The molecule has 2 aromatic carbocycles. The Kier molecular flexibility index (Phi) is 6.24. The van der Waals surface area contributed by atoms with E-state index in [0.717, 1.165) is 6.26 Å². The highest BCUT2D eigenvalue weighted by molar-refractivity contribution is 7.92. The molecular formula is C17H20N2O5S. The van der Waals surface area contributed by atoms with Crippen molar-refractivity contribution in [3.8, 4) is 11.5 Å². The summed E-state index contributed by atoms with van der Waals surface area (Å²) < 4.78 is 35.4. The van der Waals surface area contributed by atoms with Gasteiger partial charge in [-0.15, -0.1) is 0 Å². The van der Waals surface area contributed by atoms with E-state index in [-0.39, 0.29) is 5.91 Å². The molecule has 0 aliphatic carbocycles. The maximum atomic E-state index is 12.0. The highest BCUT2D eigenvalue weighted by atomic mass is 32.2. The van der Waals surface area contributed by atoms with Crippen LogP contribution in [0.3, 0.4) is 0 Å². The first-order valence-corrected chi connectivity index (χ1v) is 9.40. The molecule has 134 valence electrons. The van der Waals surface area contributed by atoms with Gasteiger partial charge in [0.15, 0.2) is 11.5 Å². The van der Waals surface area contributed by atoms with E-state index in [9.17, 15) is 13.2 Å². The summed E-state index contributed by atoms with van der Waals surface area (Å²) in [5.41, 5.74) is 0.829. The zero-order valence-electron chi connectivity index (χ0n) is 14.0. The van der Waals surface area contributed by atoms with Gasteiger partial charge in [-0.05, 0) is 36.4 Å².